The van der Waals surface area contributed by atoms with Crippen molar-refractivity contribution in [3.05, 3.63) is 23.2 Å². The normalized spacial score (nSPS) is 25.5. The molecule has 0 spiro atoms. The summed E-state index contributed by atoms with van der Waals surface area (Å²) in [5.74, 6) is 0.106. The van der Waals surface area contributed by atoms with Gasteiger partial charge in [0.25, 0.3) is 0 Å². The predicted molar refractivity (Wildman–Crippen MR) is 79.7 cm³/mol. The van der Waals surface area contributed by atoms with E-state index in [0.717, 1.165) is 0 Å². The second-order valence-electron chi connectivity index (χ2n) is 5.48. The monoisotopic (exact) mass is 346 g/mol. The number of nitrogens with zero attached hydrogens (tertiary/aromatic N) is 1. The highest BCUT2D eigenvalue weighted by atomic mass is 35.5. The molecule has 0 unspecified atom stereocenters. The summed E-state index contributed by atoms with van der Waals surface area (Å²) in [5.41, 5.74) is -1.49. The molecule has 0 bridgehead atoms. The van der Waals surface area contributed by atoms with Crippen LogP contribution in [0, 0.1) is 17.2 Å². The van der Waals surface area contributed by atoms with Crippen LogP contribution in [-0.4, -0.2) is 20.7 Å². The average Bonchev–Trinajstić information content (AvgIpc) is 2.46. The van der Waals surface area contributed by atoms with Crippen LogP contribution < -0.4 is 9.88 Å². The molecule has 1 saturated carbocycles. The van der Waals surface area contributed by atoms with Crippen molar-refractivity contribution in [3.8, 4) is 11.8 Å². The zero-order valence-corrected chi connectivity index (χ0v) is 13.3. The molecule has 1 aromatic carbocycles. The van der Waals surface area contributed by atoms with Crippen LogP contribution in [0.15, 0.2) is 23.1 Å². The number of primary sulfonamides is 1. The van der Waals surface area contributed by atoms with E-state index in [1.165, 1.54) is 18.2 Å². The fourth-order valence-corrected chi connectivity index (χ4v) is 3.23. The molecule has 5 nitrogen and oxygen atoms in total. The Kier molecular flexibility index (Phi) is 4.95. The van der Waals surface area contributed by atoms with E-state index in [0.29, 0.717) is 12.8 Å². The molecule has 2 N–H and O–H groups in total. The molecule has 2 rings (SSSR count). The van der Waals surface area contributed by atoms with E-state index >= 15 is 0 Å². The first-order valence-corrected chi connectivity index (χ1v) is 8.70. The van der Waals surface area contributed by atoms with Crippen LogP contribution in [0.3, 0.4) is 0 Å². The molecular formula is C14H16ClFN2O3S. The Morgan fingerprint density at radius 2 is 2.09 bits per heavy atom. The molecule has 22 heavy (non-hydrogen) atoms. The lowest BCUT2D eigenvalue weighted by Gasteiger charge is -2.31. The lowest BCUT2D eigenvalue weighted by Crippen LogP contribution is -2.35. The Morgan fingerprint density at radius 3 is 2.59 bits per heavy atom. The van der Waals surface area contributed by atoms with Gasteiger partial charge in [0.1, 0.15) is 18.0 Å². The summed E-state index contributed by atoms with van der Waals surface area (Å²) in [4.78, 5) is -0.130. The number of sulfonamides is 1. The van der Waals surface area contributed by atoms with Crippen molar-refractivity contribution in [2.24, 2.45) is 11.1 Å². The van der Waals surface area contributed by atoms with Crippen molar-refractivity contribution in [1.82, 2.24) is 0 Å². The number of alkyl halides is 1. The quantitative estimate of drug-likeness (QED) is 0.907. The van der Waals surface area contributed by atoms with Gasteiger partial charge < -0.3 is 4.74 Å². The molecule has 1 fully saturated rings. The Morgan fingerprint density at radius 1 is 1.45 bits per heavy atom. The second-order valence-corrected chi connectivity index (χ2v) is 7.45. The van der Waals surface area contributed by atoms with Crippen LogP contribution in [0.1, 0.15) is 25.7 Å². The van der Waals surface area contributed by atoms with Gasteiger partial charge in [0.2, 0.25) is 10.0 Å². The molecule has 1 aromatic rings. The summed E-state index contributed by atoms with van der Waals surface area (Å²) in [6, 6.07) is 5.93. The number of nitriles is 1. The molecule has 0 aliphatic heterocycles. The number of hydrogen-bond donors (Lipinski definition) is 1. The van der Waals surface area contributed by atoms with Crippen LogP contribution in [0.4, 0.5) is 4.39 Å². The first kappa shape index (κ1) is 17.0. The Balaban J connectivity index is 2.02. The Bertz CT molecular complexity index is 695. The molecule has 0 atom stereocenters. The number of nitrogens with two attached hydrogens (primary N) is 1. The van der Waals surface area contributed by atoms with E-state index in [1.807, 2.05) is 0 Å². The van der Waals surface area contributed by atoms with Gasteiger partial charge in [0.05, 0.1) is 16.0 Å². The first-order valence-electron chi connectivity index (χ1n) is 6.77. The molecular weight excluding hydrogens is 331 g/mol. The number of hydrogen-bond acceptors (Lipinski definition) is 4. The molecule has 0 amide bonds. The summed E-state index contributed by atoms with van der Waals surface area (Å²) >= 11 is 5.93. The minimum Gasteiger partial charge on any atom is -0.489 e. The highest BCUT2D eigenvalue weighted by Gasteiger charge is 2.36. The van der Waals surface area contributed by atoms with Crippen LogP contribution in [0.5, 0.6) is 5.75 Å². The van der Waals surface area contributed by atoms with Gasteiger partial charge >= 0.3 is 0 Å². The van der Waals surface area contributed by atoms with Crippen LogP contribution >= 0.6 is 11.6 Å². The third-order valence-corrected chi connectivity index (χ3v) is 4.99. The highest BCUT2D eigenvalue weighted by molar-refractivity contribution is 7.89. The van der Waals surface area contributed by atoms with Crippen LogP contribution in [-0.2, 0) is 10.0 Å². The molecule has 8 heteroatoms. The highest BCUT2D eigenvalue weighted by Crippen LogP contribution is 2.36. The van der Waals surface area contributed by atoms with Gasteiger partial charge in [-0.15, -0.1) is 0 Å². The van der Waals surface area contributed by atoms with Gasteiger partial charge in [-0.05, 0) is 43.9 Å². The SMILES string of the molecule is N#CC1CCC(F)(COc2ccc(S(N)(=O)=O)cc2Cl)CC1. The van der Waals surface area contributed by atoms with E-state index in [4.69, 9.17) is 26.7 Å². The van der Waals surface area contributed by atoms with Gasteiger partial charge in [-0.1, -0.05) is 11.6 Å². The van der Waals surface area contributed by atoms with E-state index < -0.39 is 15.7 Å². The summed E-state index contributed by atoms with van der Waals surface area (Å²) in [5, 5.41) is 13.9. The molecule has 0 radical (unpaired) electrons. The fraction of sp³-hybridized carbons (Fsp3) is 0.500. The largest absolute Gasteiger partial charge is 0.489 e. The minimum atomic E-state index is -3.84. The lowest BCUT2D eigenvalue weighted by atomic mass is 9.81. The van der Waals surface area contributed by atoms with Crippen LogP contribution in [0.2, 0.25) is 5.02 Å². The number of rotatable bonds is 4. The topological polar surface area (TPSA) is 93.2 Å². The smallest absolute Gasteiger partial charge is 0.238 e. The van der Waals surface area contributed by atoms with Crippen molar-refractivity contribution in [2.45, 2.75) is 36.2 Å². The molecule has 0 saturated heterocycles. The van der Waals surface area contributed by atoms with Crippen molar-refractivity contribution in [2.75, 3.05) is 6.61 Å². The third-order valence-electron chi connectivity index (χ3n) is 3.78. The summed E-state index contributed by atoms with van der Waals surface area (Å²) in [7, 11) is -3.84. The lowest BCUT2D eigenvalue weighted by molar-refractivity contribution is 0.0395. The maximum atomic E-state index is 14.6. The van der Waals surface area contributed by atoms with Crippen molar-refractivity contribution in [1.29, 1.82) is 5.26 Å². The molecule has 1 aliphatic rings. The maximum absolute atomic E-state index is 14.6. The van der Waals surface area contributed by atoms with Gasteiger partial charge in [-0.25, -0.2) is 17.9 Å². The summed E-state index contributed by atoms with van der Waals surface area (Å²) < 4.78 is 42.4. The maximum Gasteiger partial charge on any atom is 0.238 e. The van der Waals surface area contributed by atoms with E-state index in [-0.39, 0.29) is 41.0 Å². The zero-order chi connectivity index (χ0) is 16.4. The number of halogens is 2. The van der Waals surface area contributed by atoms with Crippen LogP contribution in [0.25, 0.3) is 0 Å². The molecule has 0 heterocycles. The predicted octanol–water partition coefficient (Wildman–Crippen LogP) is 2.79. The third kappa shape index (κ3) is 4.09. The summed E-state index contributed by atoms with van der Waals surface area (Å²) in [6.07, 6.45) is 1.54. The van der Waals surface area contributed by atoms with Gasteiger partial charge in [0.15, 0.2) is 0 Å². The van der Waals surface area contributed by atoms with E-state index in [9.17, 15) is 12.8 Å². The first-order chi connectivity index (χ1) is 10.2. The van der Waals surface area contributed by atoms with E-state index in [1.54, 1.807) is 0 Å². The fourth-order valence-electron chi connectivity index (χ4n) is 2.39. The van der Waals surface area contributed by atoms with Crippen molar-refractivity contribution in [3.63, 3.8) is 0 Å². The van der Waals surface area contributed by atoms with Gasteiger partial charge in [-0.3, -0.25) is 0 Å². The van der Waals surface area contributed by atoms with E-state index in [2.05, 4.69) is 6.07 Å². The van der Waals surface area contributed by atoms with Crippen molar-refractivity contribution < 1.29 is 17.5 Å². The Labute approximate surface area is 133 Å². The Hall–Kier alpha value is -1.36. The summed E-state index contributed by atoms with van der Waals surface area (Å²) in [6.45, 7) is -0.181. The van der Waals surface area contributed by atoms with Gasteiger partial charge in [-0.2, -0.15) is 5.26 Å². The minimum absolute atomic E-state index is 0.0563. The molecule has 1 aliphatic carbocycles. The molecule has 120 valence electrons. The van der Waals surface area contributed by atoms with Gasteiger partial charge in [0, 0.05) is 5.92 Å². The standard InChI is InChI=1S/C14H16ClFN2O3S/c15-12-7-11(22(18,19)20)1-2-13(12)21-9-14(16)5-3-10(8-17)4-6-14/h1-2,7,10H,3-6,9H2,(H2,18,19,20). The number of benzene rings is 1. The zero-order valence-electron chi connectivity index (χ0n) is 11.8. The number of ether oxygens (including phenoxy) is 1. The second kappa shape index (κ2) is 6.41. The molecule has 0 aromatic heterocycles. The van der Waals surface area contributed by atoms with Crippen molar-refractivity contribution >= 4 is 21.6 Å². The average molecular weight is 347 g/mol.